The van der Waals surface area contributed by atoms with Gasteiger partial charge in [0.25, 0.3) is 0 Å². The first kappa shape index (κ1) is 12.5. The second-order valence-electron chi connectivity index (χ2n) is 3.81. The third kappa shape index (κ3) is 2.72. The predicted molar refractivity (Wildman–Crippen MR) is 66.2 cm³/mol. The van der Waals surface area contributed by atoms with Crippen molar-refractivity contribution in [3.05, 3.63) is 41.0 Å². The van der Waals surface area contributed by atoms with Crippen LogP contribution in [0.15, 0.2) is 24.3 Å². The van der Waals surface area contributed by atoms with Gasteiger partial charge in [0, 0.05) is 5.56 Å². The van der Waals surface area contributed by atoms with Gasteiger partial charge in [0.15, 0.2) is 5.78 Å². The van der Waals surface area contributed by atoms with Crippen LogP contribution in [0.5, 0.6) is 5.75 Å². The van der Waals surface area contributed by atoms with E-state index >= 15 is 0 Å². The number of methoxy groups -OCH3 is 1. The van der Waals surface area contributed by atoms with Gasteiger partial charge < -0.3 is 4.74 Å². The second kappa shape index (κ2) is 5.50. The zero-order chi connectivity index (χ0) is 12.1. The maximum absolute atomic E-state index is 11.8. The van der Waals surface area contributed by atoms with Crippen LogP contribution in [0.1, 0.15) is 34.8 Å². The molecule has 0 saturated carbocycles. The van der Waals surface area contributed by atoms with Gasteiger partial charge in [-0.15, -0.1) is 0 Å². The summed E-state index contributed by atoms with van der Waals surface area (Å²) in [6.45, 7) is 5.88. The Morgan fingerprint density at radius 1 is 1.31 bits per heavy atom. The largest absolute Gasteiger partial charge is 0.496 e. The second-order valence-corrected chi connectivity index (χ2v) is 3.81. The van der Waals surface area contributed by atoms with E-state index in [1.807, 2.05) is 39.0 Å². The Hall–Kier alpha value is -1.57. The maximum atomic E-state index is 11.8. The lowest BCUT2D eigenvalue weighted by Crippen LogP contribution is -2.00. The first-order valence-corrected chi connectivity index (χ1v) is 5.46. The first-order chi connectivity index (χ1) is 7.60. The number of carbonyl (C=O) groups is 1. The van der Waals surface area contributed by atoms with Crippen molar-refractivity contribution in [1.29, 1.82) is 0 Å². The van der Waals surface area contributed by atoms with E-state index in [1.165, 1.54) is 0 Å². The fourth-order valence-corrected chi connectivity index (χ4v) is 1.59. The summed E-state index contributed by atoms with van der Waals surface area (Å²) < 4.78 is 5.21. The summed E-state index contributed by atoms with van der Waals surface area (Å²) in [6.07, 6.45) is 4.38. The molecule has 0 unspecified atom stereocenters. The van der Waals surface area contributed by atoms with Crippen LogP contribution in [0.2, 0.25) is 0 Å². The zero-order valence-electron chi connectivity index (χ0n) is 10.3. The highest BCUT2D eigenvalue weighted by Crippen LogP contribution is 2.22. The van der Waals surface area contributed by atoms with Crippen LogP contribution in [0.3, 0.4) is 0 Å². The molecule has 1 aromatic carbocycles. The summed E-state index contributed by atoms with van der Waals surface area (Å²) in [6, 6.07) is 3.79. The van der Waals surface area contributed by atoms with Crippen LogP contribution in [-0.4, -0.2) is 12.9 Å². The fourth-order valence-electron chi connectivity index (χ4n) is 1.59. The van der Waals surface area contributed by atoms with Crippen LogP contribution < -0.4 is 4.74 Å². The van der Waals surface area contributed by atoms with Crippen molar-refractivity contribution >= 4 is 5.78 Å². The average molecular weight is 218 g/mol. The van der Waals surface area contributed by atoms with E-state index in [0.29, 0.717) is 0 Å². The van der Waals surface area contributed by atoms with E-state index in [1.54, 1.807) is 13.2 Å². The van der Waals surface area contributed by atoms with Gasteiger partial charge in [-0.2, -0.15) is 0 Å². The van der Waals surface area contributed by atoms with Crippen molar-refractivity contribution in [2.24, 2.45) is 0 Å². The molecule has 0 aromatic heterocycles. The molecule has 0 atom stereocenters. The number of ketones is 1. The summed E-state index contributed by atoms with van der Waals surface area (Å²) in [4.78, 5) is 11.8. The Bertz CT molecular complexity index is 417. The Morgan fingerprint density at radius 3 is 2.56 bits per heavy atom. The number of allylic oxidation sites excluding steroid dienone is 2. The molecule has 0 saturated heterocycles. The lowest BCUT2D eigenvalue weighted by atomic mass is 10.0. The third-order valence-corrected chi connectivity index (χ3v) is 2.51. The van der Waals surface area contributed by atoms with Crippen LogP contribution in [0.4, 0.5) is 0 Å². The number of rotatable bonds is 4. The quantitative estimate of drug-likeness (QED) is 0.571. The van der Waals surface area contributed by atoms with E-state index in [9.17, 15) is 4.79 Å². The molecule has 0 bridgehead atoms. The highest BCUT2D eigenvalue weighted by molar-refractivity contribution is 6.05. The molecular formula is C14H18O2. The Labute approximate surface area is 96.9 Å². The van der Waals surface area contributed by atoms with Gasteiger partial charge in [0.05, 0.1) is 7.11 Å². The number of aryl methyl sites for hydroxylation is 2. The molecule has 0 heterocycles. The van der Waals surface area contributed by atoms with E-state index in [-0.39, 0.29) is 5.78 Å². The molecule has 0 N–H and O–H groups in total. The highest BCUT2D eigenvalue weighted by Gasteiger charge is 2.09. The summed E-state index contributed by atoms with van der Waals surface area (Å²) >= 11 is 0. The topological polar surface area (TPSA) is 26.3 Å². The minimum absolute atomic E-state index is 0.0603. The lowest BCUT2D eigenvalue weighted by molar-refractivity contribution is 0.104. The molecule has 1 rings (SSSR count). The number of benzene rings is 1. The number of hydrogen-bond acceptors (Lipinski definition) is 2. The molecule has 0 aliphatic rings. The van der Waals surface area contributed by atoms with Gasteiger partial charge >= 0.3 is 0 Å². The number of hydrogen-bond donors (Lipinski definition) is 0. The van der Waals surface area contributed by atoms with Crippen molar-refractivity contribution in [2.45, 2.75) is 27.2 Å². The number of carbonyl (C=O) groups excluding carboxylic acids is 1. The molecule has 16 heavy (non-hydrogen) atoms. The molecule has 0 spiro atoms. The fraction of sp³-hybridized carbons (Fsp3) is 0.357. The zero-order valence-corrected chi connectivity index (χ0v) is 10.3. The third-order valence-electron chi connectivity index (χ3n) is 2.51. The molecular weight excluding hydrogens is 200 g/mol. The molecule has 1 aromatic rings. The van der Waals surface area contributed by atoms with E-state index in [0.717, 1.165) is 28.9 Å². The summed E-state index contributed by atoms with van der Waals surface area (Å²) in [5, 5.41) is 0. The highest BCUT2D eigenvalue weighted by atomic mass is 16.5. The maximum Gasteiger partial charge on any atom is 0.185 e. The van der Waals surface area contributed by atoms with Crippen molar-refractivity contribution in [3.8, 4) is 5.75 Å². The molecule has 2 nitrogen and oxygen atoms in total. The molecule has 0 aliphatic carbocycles. The number of ether oxygens (including phenoxy) is 1. The Morgan fingerprint density at radius 2 is 2.00 bits per heavy atom. The minimum Gasteiger partial charge on any atom is -0.496 e. The lowest BCUT2D eigenvalue weighted by Gasteiger charge is -2.09. The standard InChI is InChI=1S/C14H18O2/c1-5-6-7-13(15)12-8-11(3)14(16-4)9-10(12)2/h6-9H,5H2,1-4H3/b7-6+. The van der Waals surface area contributed by atoms with Gasteiger partial charge in [0.2, 0.25) is 0 Å². The molecule has 86 valence electrons. The molecule has 0 fully saturated rings. The first-order valence-electron chi connectivity index (χ1n) is 5.46. The summed E-state index contributed by atoms with van der Waals surface area (Å²) in [5.41, 5.74) is 2.69. The van der Waals surface area contributed by atoms with Gasteiger partial charge in [0.1, 0.15) is 5.75 Å². The smallest absolute Gasteiger partial charge is 0.185 e. The molecule has 0 aliphatic heterocycles. The van der Waals surface area contributed by atoms with Crippen LogP contribution in [-0.2, 0) is 0 Å². The van der Waals surface area contributed by atoms with Crippen LogP contribution in [0.25, 0.3) is 0 Å². The monoisotopic (exact) mass is 218 g/mol. The van der Waals surface area contributed by atoms with Crippen LogP contribution in [0, 0.1) is 13.8 Å². The predicted octanol–water partition coefficient (Wildman–Crippen LogP) is 3.46. The molecule has 0 amide bonds. The summed E-state index contributed by atoms with van der Waals surface area (Å²) in [7, 11) is 1.64. The van der Waals surface area contributed by atoms with Gasteiger partial charge in [-0.1, -0.05) is 13.0 Å². The van der Waals surface area contributed by atoms with Crippen molar-refractivity contribution in [1.82, 2.24) is 0 Å². The Kier molecular flexibility index (Phi) is 4.29. The van der Waals surface area contributed by atoms with Crippen molar-refractivity contribution in [3.63, 3.8) is 0 Å². The normalized spacial score (nSPS) is 10.8. The van der Waals surface area contributed by atoms with Gasteiger partial charge in [-0.3, -0.25) is 4.79 Å². The Balaban J connectivity index is 3.11. The van der Waals surface area contributed by atoms with Crippen LogP contribution >= 0.6 is 0 Å². The van der Waals surface area contributed by atoms with Gasteiger partial charge in [-0.25, -0.2) is 0 Å². The van der Waals surface area contributed by atoms with E-state index < -0.39 is 0 Å². The van der Waals surface area contributed by atoms with E-state index in [2.05, 4.69) is 0 Å². The minimum atomic E-state index is 0.0603. The van der Waals surface area contributed by atoms with Crippen molar-refractivity contribution in [2.75, 3.05) is 7.11 Å². The van der Waals surface area contributed by atoms with E-state index in [4.69, 9.17) is 4.74 Å². The van der Waals surface area contributed by atoms with Gasteiger partial charge in [-0.05, 0) is 49.6 Å². The SMILES string of the molecule is CC/C=C/C(=O)c1cc(C)c(OC)cc1C. The average Bonchev–Trinajstić information content (AvgIpc) is 2.28. The van der Waals surface area contributed by atoms with Crippen molar-refractivity contribution < 1.29 is 9.53 Å². The molecule has 2 heteroatoms. The molecule has 0 radical (unpaired) electrons. The summed E-state index contributed by atoms with van der Waals surface area (Å²) in [5.74, 6) is 0.888.